The summed E-state index contributed by atoms with van der Waals surface area (Å²) in [5, 5.41) is 0. The Morgan fingerprint density at radius 1 is 1.43 bits per heavy atom. The number of carbonyl (C=O) groups excluding carboxylic acids is 2. The predicted octanol–water partition coefficient (Wildman–Crippen LogP) is 1.72. The van der Waals surface area contributed by atoms with Gasteiger partial charge in [-0.25, -0.2) is 0 Å². The van der Waals surface area contributed by atoms with Gasteiger partial charge in [0.1, 0.15) is 12.9 Å². The molecule has 0 aromatic heterocycles. The van der Waals surface area contributed by atoms with Gasteiger partial charge in [0, 0.05) is 5.92 Å². The Morgan fingerprint density at radius 2 is 2.14 bits per heavy atom. The van der Waals surface area contributed by atoms with Gasteiger partial charge in [-0.3, -0.25) is 4.79 Å². The molecule has 0 spiro atoms. The standard InChI is InChI=1S/C11H16O3/c1-2-7-14-11(13)10-6-4-3-5-9(10)8-12/h2,8-10H,1,3-7H2. The number of carbonyl (C=O) groups is 2. The molecule has 2 unspecified atom stereocenters. The van der Waals surface area contributed by atoms with Gasteiger partial charge in [-0.2, -0.15) is 0 Å². The van der Waals surface area contributed by atoms with Crippen LogP contribution in [0.15, 0.2) is 12.7 Å². The van der Waals surface area contributed by atoms with Crippen LogP contribution in [0.5, 0.6) is 0 Å². The highest BCUT2D eigenvalue weighted by Crippen LogP contribution is 2.29. The molecule has 1 aliphatic rings. The van der Waals surface area contributed by atoms with E-state index >= 15 is 0 Å². The molecule has 0 aromatic rings. The largest absolute Gasteiger partial charge is 0.461 e. The van der Waals surface area contributed by atoms with E-state index in [0.717, 1.165) is 32.0 Å². The van der Waals surface area contributed by atoms with E-state index in [4.69, 9.17) is 4.74 Å². The number of aldehydes is 1. The maximum Gasteiger partial charge on any atom is 0.309 e. The zero-order valence-corrected chi connectivity index (χ0v) is 8.28. The first-order valence-corrected chi connectivity index (χ1v) is 5.02. The third kappa shape index (κ3) is 2.69. The number of hydrogen-bond acceptors (Lipinski definition) is 3. The van der Waals surface area contributed by atoms with Crippen LogP contribution in [0.25, 0.3) is 0 Å². The van der Waals surface area contributed by atoms with Crippen LogP contribution in [0.4, 0.5) is 0 Å². The average molecular weight is 196 g/mol. The minimum atomic E-state index is -0.248. The van der Waals surface area contributed by atoms with Crippen molar-refractivity contribution < 1.29 is 14.3 Å². The van der Waals surface area contributed by atoms with Crippen molar-refractivity contribution in [2.24, 2.45) is 11.8 Å². The Balaban J connectivity index is 2.49. The van der Waals surface area contributed by atoms with Crippen LogP contribution in [-0.2, 0) is 14.3 Å². The molecule has 0 saturated heterocycles. The summed E-state index contributed by atoms with van der Waals surface area (Å²) in [5.74, 6) is -0.607. The van der Waals surface area contributed by atoms with Crippen LogP contribution >= 0.6 is 0 Å². The van der Waals surface area contributed by atoms with Crippen LogP contribution < -0.4 is 0 Å². The van der Waals surface area contributed by atoms with E-state index in [1.807, 2.05) is 0 Å². The first-order chi connectivity index (χ1) is 6.79. The first kappa shape index (κ1) is 11.0. The van der Waals surface area contributed by atoms with Crippen molar-refractivity contribution in [2.45, 2.75) is 25.7 Å². The fraction of sp³-hybridized carbons (Fsp3) is 0.636. The third-order valence-electron chi connectivity index (χ3n) is 2.64. The number of hydrogen-bond donors (Lipinski definition) is 0. The highest BCUT2D eigenvalue weighted by atomic mass is 16.5. The zero-order valence-electron chi connectivity index (χ0n) is 8.28. The summed E-state index contributed by atoms with van der Waals surface area (Å²) in [5.41, 5.74) is 0. The lowest BCUT2D eigenvalue weighted by Crippen LogP contribution is -2.29. The lowest BCUT2D eigenvalue weighted by atomic mass is 9.80. The van der Waals surface area contributed by atoms with Gasteiger partial charge in [0.2, 0.25) is 0 Å². The smallest absolute Gasteiger partial charge is 0.309 e. The molecule has 3 heteroatoms. The maximum absolute atomic E-state index is 11.5. The van der Waals surface area contributed by atoms with E-state index in [1.165, 1.54) is 6.08 Å². The Morgan fingerprint density at radius 3 is 2.79 bits per heavy atom. The monoisotopic (exact) mass is 196 g/mol. The van der Waals surface area contributed by atoms with Crippen LogP contribution in [0, 0.1) is 11.8 Å². The van der Waals surface area contributed by atoms with Crippen molar-refractivity contribution in [1.82, 2.24) is 0 Å². The summed E-state index contributed by atoms with van der Waals surface area (Å²) in [6, 6.07) is 0. The predicted molar refractivity (Wildman–Crippen MR) is 52.7 cm³/mol. The number of rotatable bonds is 4. The van der Waals surface area contributed by atoms with E-state index in [9.17, 15) is 9.59 Å². The topological polar surface area (TPSA) is 43.4 Å². The van der Waals surface area contributed by atoms with Crippen molar-refractivity contribution in [2.75, 3.05) is 6.61 Å². The first-order valence-electron chi connectivity index (χ1n) is 5.02. The quantitative estimate of drug-likeness (QED) is 0.390. The van der Waals surface area contributed by atoms with E-state index in [2.05, 4.69) is 6.58 Å². The molecule has 0 bridgehead atoms. The van der Waals surface area contributed by atoms with Gasteiger partial charge >= 0.3 is 5.97 Å². The number of ether oxygens (including phenoxy) is 1. The summed E-state index contributed by atoms with van der Waals surface area (Å²) >= 11 is 0. The summed E-state index contributed by atoms with van der Waals surface area (Å²) in [6.45, 7) is 3.71. The van der Waals surface area contributed by atoms with Gasteiger partial charge in [-0.05, 0) is 12.8 Å². The average Bonchev–Trinajstić information content (AvgIpc) is 2.25. The molecule has 0 aliphatic heterocycles. The summed E-state index contributed by atoms with van der Waals surface area (Å²) in [7, 11) is 0. The van der Waals surface area contributed by atoms with Crippen LogP contribution in [0.3, 0.4) is 0 Å². The summed E-state index contributed by atoms with van der Waals surface area (Å²) in [6.07, 6.45) is 6.07. The van der Waals surface area contributed by atoms with Gasteiger partial charge in [-0.1, -0.05) is 25.5 Å². The van der Waals surface area contributed by atoms with Crippen molar-refractivity contribution >= 4 is 12.3 Å². The normalized spacial score (nSPS) is 26.6. The minimum Gasteiger partial charge on any atom is -0.461 e. The van der Waals surface area contributed by atoms with Crippen molar-refractivity contribution in [3.8, 4) is 0 Å². The lowest BCUT2D eigenvalue weighted by Gasteiger charge is -2.25. The Bertz CT molecular complexity index is 223. The van der Waals surface area contributed by atoms with Gasteiger partial charge in [0.25, 0.3) is 0 Å². The van der Waals surface area contributed by atoms with Crippen molar-refractivity contribution in [3.63, 3.8) is 0 Å². The second kappa shape index (κ2) is 5.58. The molecule has 3 nitrogen and oxygen atoms in total. The van der Waals surface area contributed by atoms with Crippen molar-refractivity contribution in [1.29, 1.82) is 0 Å². The van der Waals surface area contributed by atoms with Crippen LogP contribution in [-0.4, -0.2) is 18.9 Å². The molecule has 0 radical (unpaired) electrons. The molecular weight excluding hydrogens is 180 g/mol. The van der Waals surface area contributed by atoms with Gasteiger partial charge < -0.3 is 9.53 Å². The highest BCUT2D eigenvalue weighted by Gasteiger charge is 2.31. The molecular formula is C11H16O3. The Kier molecular flexibility index (Phi) is 4.36. The van der Waals surface area contributed by atoms with Gasteiger partial charge in [-0.15, -0.1) is 0 Å². The minimum absolute atomic E-state index is 0.138. The summed E-state index contributed by atoms with van der Waals surface area (Å²) in [4.78, 5) is 22.2. The highest BCUT2D eigenvalue weighted by molar-refractivity contribution is 5.77. The van der Waals surface area contributed by atoms with Crippen molar-refractivity contribution in [3.05, 3.63) is 12.7 Å². The zero-order chi connectivity index (χ0) is 10.4. The Hall–Kier alpha value is -1.12. The molecule has 0 aromatic carbocycles. The number of esters is 1. The maximum atomic E-state index is 11.5. The SMILES string of the molecule is C=CCOC(=O)C1CCCCC1C=O. The lowest BCUT2D eigenvalue weighted by molar-refractivity contribution is -0.151. The second-order valence-electron chi connectivity index (χ2n) is 3.61. The molecule has 78 valence electrons. The van der Waals surface area contributed by atoms with Gasteiger partial charge in [0.15, 0.2) is 0 Å². The van der Waals surface area contributed by atoms with E-state index < -0.39 is 0 Å². The third-order valence-corrected chi connectivity index (χ3v) is 2.64. The fourth-order valence-electron chi connectivity index (χ4n) is 1.86. The second-order valence-corrected chi connectivity index (χ2v) is 3.61. The van der Waals surface area contributed by atoms with Gasteiger partial charge in [0.05, 0.1) is 5.92 Å². The summed E-state index contributed by atoms with van der Waals surface area (Å²) < 4.78 is 4.95. The van der Waals surface area contributed by atoms with E-state index in [0.29, 0.717) is 0 Å². The van der Waals surface area contributed by atoms with Crippen LogP contribution in [0.2, 0.25) is 0 Å². The Labute approximate surface area is 84.1 Å². The fourth-order valence-corrected chi connectivity index (χ4v) is 1.86. The van der Waals surface area contributed by atoms with E-state index in [1.54, 1.807) is 0 Å². The van der Waals surface area contributed by atoms with Crippen LogP contribution in [0.1, 0.15) is 25.7 Å². The molecule has 2 atom stereocenters. The molecule has 0 N–H and O–H groups in total. The molecule has 1 rings (SSSR count). The molecule has 0 amide bonds. The molecule has 1 aliphatic carbocycles. The molecule has 0 heterocycles. The molecule has 1 saturated carbocycles. The molecule has 1 fully saturated rings. The van der Waals surface area contributed by atoms with E-state index in [-0.39, 0.29) is 24.4 Å². The molecule has 14 heavy (non-hydrogen) atoms.